The van der Waals surface area contributed by atoms with Gasteiger partial charge in [0.1, 0.15) is 0 Å². The van der Waals surface area contributed by atoms with Gasteiger partial charge in [-0.1, -0.05) is 17.3 Å². The monoisotopic (exact) mass is 435 g/mol. The summed E-state index contributed by atoms with van der Waals surface area (Å²) in [4.78, 5) is 6.32. The van der Waals surface area contributed by atoms with E-state index in [9.17, 15) is 13.2 Å². The number of benzene rings is 1. The van der Waals surface area contributed by atoms with Crippen LogP contribution in [-0.2, 0) is 12.7 Å². The Labute approximate surface area is 177 Å². The number of piperidine rings is 1. The summed E-state index contributed by atoms with van der Waals surface area (Å²) in [7, 11) is 3.18. The van der Waals surface area contributed by atoms with Crippen LogP contribution in [0.3, 0.4) is 0 Å². The summed E-state index contributed by atoms with van der Waals surface area (Å²) >= 11 is 0. The first-order valence-corrected chi connectivity index (χ1v) is 10.1. The Kier molecular flexibility index (Phi) is 5.79. The third kappa shape index (κ3) is 4.19. The minimum Gasteiger partial charge on any atom is -0.493 e. The van der Waals surface area contributed by atoms with E-state index in [1.807, 2.05) is 18.2 Å². The van der Waals surface area contributed by atoms with Gasteiger partial charge in [0.15, 0.2) is 11.5 Å². The highest BCUT2D eigenvalue weighted by Gasteiger charge is 2.37. The molecule has 1 fully saturated rings. The Bertz CT molecular complexity index is 1080. The maximum absolute atomic E-state index is 13.7. The van der Waals surface area contributed by atoms with Crippen molar-refractivity contribution in [2.24, 2.45) is 0 Å². The van der Waals surface area contributed by atoms with Gasteiger partial charge in [-0.05, 0) is 38.4 Å². The molecule has 4 rings (SSSR count). The molecule has 2 aromatic heterocycles. The molecule has 0 N–H and O–H groups in total. The highest BCUT2D eigenvalue weighted by Crippen LogP contribution is 2.40. The number of nitrogens with zero attached hydrogens (tertiary/aromatic N) is 3. The number of fused-ring (bicyclic) bond motifs is 1. The van der Waals surface area contributed by atoms with Crippen LogP contribution in [0, 0.1) is 6.92 Å². The van der Waals surface area contributed by atoms with Crippen molar-refractivity contribution < 1.29 is 27.2 Å². The van der Waals surface area contributed by atoms with E-state index in [0.717, 1.165) is 31.0 Å². The van der Waals surface area contributed by atoms with E-state index in [0.29, 0.717) is 30.3 Å². The molecular formula is C22H24F3N3O3. The third-order valence-corrected chi connectivity index (χ3v) is 5.68. The highest BCUT2D eigenvalue weighted by atomic mass is 19.4. The van der Waals surface area contributed by atoms with Gasteiger partial charge in [-0.3, -0.25) is 4.90 Å². The van der Waals surface area contributed by atoms with Crippen LogP contribution in [-0.4, -0.2) is 42.3 Å². The fraction of sp³-hybridized carbons (Fsp3) is 0.455. The predicted octanol–water partition coefficient (Wildman–Crippen LogP) is 4.95. The second-order valence-corrected chi connectivity index (χ2v) is 7.78. The van der Waals surface area contributed by atoms with E-state index < -0.39 is 11.7 Å². The van der Waals surface area contributed by atoms with Gasteiger partial charge in [-0.25, -0.2) is 4.98 Å². The zero-order valence-electron chi connectivity index (χ0n) is 17.6. The summed E-state index contributed by atoms with van der Waals surface area (Å²) in [6.07, 6.45) is -2.93. The van der Waals surface area contributed by atoms with E-state index in [-0.39, 0.29) is 22.7 Å². The lowest BCUT2D eigenvalue weighted by Gasteiger charge is -2.32. The lowest BCUT2D eigenvalue weighted by atomic mass is 9.91. The molecule has 1 aliphatic rings. The Morgan fingerprint density at radius 1 is 1.23 bits per heavy atom. The fourth-order valence-electron chi connectivity index (χ4n) is 4.34. The van der Waals surface area contributed by atoms with Crippen LogP contribution in [0.1, 0.15) is 41.3 Å². The summed E-state index contributed by atoms with van der Waals surface area (Å²) in [5.74, 6) is 1.13. The van der Waals surface area contributed by atoms with Crippen molar-refractivity contribution >= 4 is 11.1 Å². The second kappa shape index (κ2) is 8.37. The Morgan fingerprint density at radius 2 is 2.03 bits per heavy atom. The lowest BCUT2D eigenvalue weighted by molar-refractivity contribution is -0.136. The number of para-hydroxylation sites is 1. The number of rotatable bonds is 5. The second-order valence-electron chi connectivity index (χ2n) is 7.78. The Balaban J connectivity index is 1.64. The number of likely N-dealkylation sites (tertiary alicyclic amines) is 1. The molecule has 31 heavy (non-hydrogen) atoms. The van der Waals surface area contributed by atoms with Crippen molar-refractivity contribution in [3.8, 4) is 11.5 Å². The molecule has 0 aliphatic carbocycles. The lowest BCUT2D eigenvalue weighted by Crippen LogP contribution is -2.34. The Hall–Kier alpha value is -2.81. The number of aryl methyl sites for hydroxylation is 1. The van der Waals surface area contributed by atoms with E-state index in [4.69, 9.17) is 14.0 Å². The normalized spacial score (nSPS) is 17.8. The molecule has 1 aliphatic heterocycles. The Morgan fingerprint density at radius 3 is 2.74 bits per heavy atom. The molecule has 0 radical (unpaired) electrons. The highest BCUT2D eigenvalue weighted by molar-refractivity contribution is 5.81. The minimum atomic E-state index is -4.51. The summed E-state index contributed by atoms with van der Waals surface area (Å²) in [5, 5.41) is 4.00. The zero-order chi connectivity index (χ0) is 22.2. The number of pyridine rings is 1. The van der Waals surface area contributed by atoms with Gasteiger partial charge >= 0.3 is 6.18 Å². The van der Waals surface area contributed by atoms with Gasteiger partial charge in [-0.2, -0.15) is 13.2 Å². The molecule has 6 nitrogen and oxygen atoms in total. The fourth-order valence-corrected chi connectivity index (χ4v) is 4.34. The van der Waals surface area contributed by atoms with Crippen LogP contribution in [0.5, 0.6) is 11.5 Å². The maximum Gasteiger partial charge on any atom is 0.417 e. The average molecular weight is 435 g/mol. The molecule has 0 spiro atoms. The topological polar surface area (TPSA) is 60.6 Å². The largest absolute Gasteiger partial charge is 0.493 e. The third-order valence-electron chi connectivity index (χ3n) is 5.68. The summed E-state index contributed by atoms with van der Waals surface area (Å²) in [5.41, 5.74) is 0.739. The molecule has 166 valence electrons. The number of alkyl halides is 3. The van der Waals surface area contributed by atoms with Crippen molar-refractivity contribution in [1.82, 2.24) is 15.0 Å². The molecule has 1 saturated heterocycles. The first kappa shape index (κ1) is 21.4. The van der Waals surface area contributed by atoms with Gasteiger partial charge in [0.25, 0.3) is 5.71 Å². The van der Waals surface area contributed by atoms with Gasteiger partial charge < -0.3 is 14.0 Å². The zero-order valence-corrected chi connectivity index (χ0v) is 17.6. The SMILES string of the molecule is COc1cccc(CN2CCCC(c3noc4nc(C)cc(C(F)(F)F)c34)C2)c1OC. The smallest absolute Gasteiger partial charge is 0.417 e. The van der Waals surface area contributed by atoms with Crippen LogP contribution >= 0.6 is 0 Å². The first-order chi connectivity index (χ1) is 14.8. The molecular weight excluding hydrogens is 411 g/mol. The van der Waals surface area contributed by atoms with E-state index in [1.54, 1.807) is 14.2 Å². The molecule has 0 saturated carbocycles. The number of hydrogen-bond donors (Lipinski definition) is 0. The summed E-state index contributed by atoms with van der Waals surface area (Å²) < 4.78 is 57.2. The maximum atomic E-state index is 13.7. The first-order valence-electron chi connectivity index (χ1n) is 10.1. The van der Waals surface area contributed by atoms with Crippen LogP contribution < -0.4 is 9.47 Å². The van der Waals surface area contributed by atoms with Crippen molar-refractivity contribution in [2.45, 2.75) is 38.4 Å². The molecule has 0 bridgehead atoms. The number of ether oxygens (including phenoxy) is 2. The van der Waals surface area contributed by atoms with Crippen molar-refractivity contribution in [2.75, 3.05) is 27.3 Å². The van der Waals surface area contributed by atoms with E-state index >= 15 is 0 Å². The van der Waals surface area contributed by atoms with Crippen LogP contribution in [0.2, 0.25) is 0 Å². The molecule has 3 heterocycles. The van der Waals surface area contributed by atoms with Crippen LogP contribution in [0.15, 0.2) is 28.8 Å². The molecule has 1 unspecified atom stereocenters. The summed E-state index contributed by atoms with van der Waals surface area (Å²) in [6, 6.07) is 6.75. The van der Waals surface area contributed by atoms with Crippen molar-refractivity contribution in [3.63, 3.8) is 0 Å². The molecule has 1 aromatic carbocycles. The van der Waals surface area contributed by atoms with Crippen molar-refractivity contribution in [1.29, 1.82) is 0 Å². The summed E-state index contributed by atoms with van der Waals surface area (Å²) in [6.45, 7) is 3.50. The van der Waals surface area contributed by atoms with Gasteiger partial charge in [0.05, 0.1) is 30.9 Å². The number of methoxy groups -OCH3 is 2. The standard InChI is InChI=1S/C22H24F3N3O3/c1-13-10-16(22(23,24)25)18-19(27-31-21(18)26-13)14-7-5-9-28(11-14)12-15-6-4-8-17(29-2)20(15)30-3/h4,6,8,10,14H,5,7,9,11-12H2,1-3H3. The predicted molar refractivity (Wildman–Crippen MR) is 108 cm³/mol. The van der Waals surface area contributed by atoms with Crippen LogP contribution in [0.4, 0.5) is 13.2 Å². The molecule has 9 heteroatoms. The van der Waals surface area contributed by atoms with Gasteiger partial charge in [0, 0.05) is 30.3 Å². The number of halogens is 3. The number of hydrogen-bond acceptors (Lipinski definition) is 6. The molecule has 3 aromatic rings. The minimum absolute atomic E-state index is 0.0242. The van der Waals surface area contributed by atoms with Crippen molar-refractivity contribution in [3.05, 3.63) is 46.8 Å². The van der Waals surface area contributed by atoms with E-state index in [2.05, 4.69) is 15.0 Å². The van der Waals surface area contributed by atoms with Crippen LogP contribution in [0.25, 0.3) is 11.1 Å². The number of aromatic nitrogens is 2. The van der Waals surface area contributed by atoms with E-state index in [1.165, 1.54) is 6.92 Å². The quantitative estimate of drug-likeness (QED) is 0.565. The van der Waals surface area contributed by atoms with Gasteiger partial charge in [0.2, 0.25) is 0 Å². The average Bonchev–Trinajstić information content (AvgIpc) is 3.16. The van der Waals surface area contributed by atoms with Gasteiger partial charge in [-0.15, -0.1) is 0 Å². The molecule has 1 atom stereocenters. The molecule has 0 amide bonds.